The van der Waals surface area contributed by atoms with Gasteiger partial charge >= 0.3 is 0 Å². The van der Waals surface area contributed by atoms with Crippen LogP contribution in [0.4, 0.5) is 0 Å². The van der Waals surface area contributed by atoms with Crippen molar-refractivity contribution in [2.45, 2.75) is 30.0 Å². The third kappa shape index (κ3) is 5.74. The molecule has 0 aromatic carbocycles. The smallest absolute Gasteiger partial charge is 0.106 e. The number of aliphatic hydroxyl groups is 1. The summed E-state index contributed by atoms with van der Waals surface area (Å²) in [5.74, 6) is 0.269. The van der Waals surface area contributed by atoms with Crippen LogP contribution < -0.4 is 0 Å². The third-order valence-corrected chi connectivity index (χ3v) is 4.63. The highest BCUT2D eigenvalue weighted by molar-refractivity contribution is 8.76. The summed E-state index contributed by atoms with van der Waals surface area (Å²) in [5.41, 5.74) is 0. The maximum Gasteiger partial charge on any atom is 0.106 e. The minimum atomic E-state index is 0.269. The zero-order valence-corrected chi connectivity index (χ0v) is 10.4. The quantitative estimate of drug-likeness (QED) is 0.601. The molecule has 0 aliphatic heterocycles. The number of allylic oxidation sites excluding steroid dienone is 1. The highest BCUT2D eigenvalue weighted by Gasteiger charge is 2.05. The Hall–Kier alpha value is -0.610. The van der Waals surface area contributed by atoms with E-state index in [0.29, 0.717) is 11.7 Å². The van der Waals surface area contributed by atoms with E-state index in [1.165, 1.54) is 0 Å². The highest BCUT2D eigenvalue weighted by Crippen LogP contribution is 2.34. The van der Waals surface area contributed by atoms with Crippen LogP contribution in [0.1, 0.15) is 19.8 Å². The van der Waals surface area contributed by atoms with Gasteiger partial charge < -0.3 is 5.11 Å². The highest BCUT2D eigenvalue weighted by atomic mass is 33.1. The summed E-state index contributed by atoms with van der Waals surface area (Å²) in [4.78, 5) is 4.22. The molecular formula is C11H15NOS2. The van der Waals surface area contributed by atoms with E-state index in [4.69, 9.17) is 5.11 Å². The molecule has 0 bridgehead atoms. The maximum absolute atomic E-state index is 8.96. The number of aromatic nitrogens is 1. The van der Waals surface area contributed by atoms with Crippen molar-refractivity contribution in [3.05, 3.63) is 36.7 Å². The van der Waals surface area contributed by atoms with Gasteiger partial charge in [0.15, 0.2) is 0 Å². The van der Waals surface area contributed by atoms with Crippen molar-refractivity contribution < 1.29 is 5.11 Å². The van der Waals surface area contributed by atoms with Crippen molar-refractivity contribution in [1.29, 1.82) is 0 Å². The molecule has 0 fully saturated rings. The Labute approximate surface area is 98.6 Å². The van der Waals surface area contributed by atoms with Gasteiger partial charge in [-0.1, -0.05) is 30.4 Å². The average molecular weight is 241 g/mol. The molecule has 1 rings (SSSR count). The van der Waals surface area contributed by atoms with Gasteiger partial charge in [0.05, 0.1) is 5.76 Å². The molecule has 1 atom stereocenters. The second-order valence-corrected chi connectivity index (χ2v) is 5.92. The summed E-state index contributed by atoms with van der Waals surface area (Å²) >= 11 is 0. The van der Waals surface area contributed by atoms with E-state index < -0.39 is 0 Å². The maximum atomic E-state index is 8.96. The molecular weight excluding hydrogens is 226 g/mol. The Bertz CT molecular complexity index is 303. The molecule has 0 amide bonds. The van der Waals surface area contributed by atoms with Crippen molar-refractivity contribution in [3.63, 3.8) is 0 Å². The summed E-state index contributed by atoms with van der Waals surface area (Å²) in [6.45, 7) is 5.61. The van der Waals surface area contributed by atoms with E-state index in [9.17, 15) is 0 Å². The minimum absolute atomic E-state index is 0.269. The lowest BCUT2D eigenvalue weighted by atomic mass is 10.2. The molecule has 1 unspecified atom stereocenters. The lowest BCUT2D eigenvalue weighted by Crippen LogP contribution is -1.94. The van der Waals surface area contributed by atoms with Gasteiger partial charge in [-0.2, -0.15) is 0 Å². The van der Waals surface area contributed by atoms with Crippen LogP contribution >= 0.6 is 21.6 Å². The fraction of sp³-hybridized carbons (Fsp3) is 0.364. The molecule has 2 nitrogen and oxygen atoms in total. The van der Waals surface area contributed by atoms with Crippen LogP contribution in [0.25, 0.3) is 0 Å². The van der Waals surface area contributed by atoms with E-state index in [0.717, 1.165) is 11.4 Å². The standard InChI is InChI=1S/C11H15NOS2/c1-9(13)6-7-10(2)14-15-11-5-3-4-8-12-11/h3-5,8,10,13H,1,6-7H2,2H3. The van der Waals surface area contributed by atoms with Crippen LogP contribution in [0.15, 0.2) is 41.8 Å². The van der Waals surface area contributed by atoms with Gasteiger partial charge in [-0.05, 0) is 29.3 Å². The van der Waals surface area contributed by atoms with Crippen molar-refractivity contribution >= 4 is 21.6 Å². The summed E-state index contributed by atoms with van der Waals surface area (Å²) in [6.07, 6.45) is 3.42. The minimum Gasteiger partial charge on any atom is -0.513 e. The third-order valence-electron chi connectivity index (χ3n) is 1.77. The average Bonchev–Trinajstić information content (AvgIpc) is 2.25. The van der Waals surface area contributed by atoms with Gasteiger partial charge in [-0.15, -0.1) is 0 Å². The lowest BCUT2D eigenvalue weighted by Gasteiger charge is -2.08. The van der Waals surface area contributed by atoms with Crippen LogP contribution in [0.2, 0.25) is 0 Å². The van der Waals surface area contributed by atoms with E-state index in [2.05, 4.69) is 18.5 Å². The van der Waals surface area contributed by atoms with E-state index in [1.807, 2.05) is 18.2 Å². The zero-order valence-electron chi connectivity index (χ0n) is 8.72. The van der Waals surface area contributed by atoms with Gasteiger partial charge in [0.2, 0.25) is 0 Å². The number of hydrogen-bond acceptors (Lipinski definition) is 4. The molecule has 0 spiro atoms. The predicted octanol–water partition coefficient (Wildman–Crippen LogP) is 4.06. The van der Waals surface area contributed by atoms with Gasteiger partial charge in [0.1, 0.15) is 5.03 Å². The second kappa shape index (κ2) is 6.80. The Kier molecular flexibility index (Phi) is 5.65. The molecule has 0 saturated heterocycles. The molecule has 82 valence electrons. The van der Waals surface area contributed by atoms with Gasteiger partial charge in [-0.3, -0.25) is 0 Å². The van der Waals surface area contributed by atoms with Crippen molar-refractivity contribution in [1.82, 2.24) is 4.98 Å². The van der Waals surface area contributed by atoms with Crippen LogP contribution in [-0.4, -0.2) is 15.3 Å². The van der Waals surface area contributed by atoms with Crippen LogP contribution in [-0.2, 0) is 0 Å². The van der Waals surface area contributed by atoms with Crippen LogP contribution in [0.5, 0.6) is 0 Å². The topological polar surface area (TPSA) is 33.1 Å². The van der Waals surface area contributed by atoms with Gasteiger partial charge in [0, 0.05) is 17.9 Å². The summed E-state index contributed by atoms with van der Waals surface area (Å²) in [7, 11) is 3.45. The van der Waals surface area contributed by atoms with E-state index in [-0.39, 0.29) is 5.76 Å². The lowest BCUT2D eigenvalue weighted by molar-refractivity contribution is 0.387. The molecule has 0 aliphatic carbocycles. The van der Waals surface area contributed by atoms with E-state index in [1.54, 1.807) is 27.8 Å². The normalized spacial score (nSPS) is 12.3. The second-order valence-electron chi connectivity index (χ2n) is 3.26. The molecule has 1 aromatic heterocycles. The van der Waals surface area contributed by atoms with Gasteiger partial charge in [-0.25, -0.2) is 4.98 Å². The molecule has 0 saturated carbocycles. The SMILES string of the molecule is C=C(O)CCC(C)SSc1ccccn1. The zero-order chi connectivity index (χ0) is 11.1. The molecule has 0 radical (unpaired) electrons. The van der Waals surface area contributed by atoms with Crippen LogP contribution in [0, 0.1) is 0 Å². The van der Waals surface area contributed by atoms with Crippen LogP contribution in [0.3, 0.4) is 0 Å². The molecule has 0 aliphatic rings. The predicted molar refractivity (Wildman–Crippen MR) is 68.1 cm³/mol. The molecule has 1 heterocycles. The monoisotopic (exact) mass is 241 g/mol. The Balaban J connectivity index is 2.22. The molecule has 1 aromatic rings. The first-order valence-electron chi connectivity index (χ1n) is 4.79. The number of aliphatic hydroxyl groups excluding tert-OH is 1. The summed E-state index contributed by atoms with van der Waals surface area (Å²) in [5, 5.41) is 10.5. The number of hydrogen-bond donors (Lipinski definition) is 1. The largest absolute Gasteiger partial charge is 0.513 e. The number of rotatable bonds is 6. The van der Waals surface area contributed by atoms with E-state index >= 15 is 0 Å². The first-order chi connectivity index (χ1) is 7.18. The van der Waals surface area contributed by atoms with Crippen molar-refractivity contribution in [2.75, 3.05) is 0 Å². The first kappa shape index (κ1) is 12.5. The Morgan fingerprint density at radius 2 is 2.40 bits per heavy atom. The summed E-state index contributed by atoms with van der Waals surface area (Å²) < 4.78 is 0. The first-order valence-corrected chi connectivity index (χ1v) is 7.01. The number of pyridine rings is 1. The molecule has 1 N–H and O–H groups in total. The summed E-state index contributed by atoms with van der Waals surface area (Å²) in [6, 6.07) is 5.89. The van der Waals surface area contributed by atoms with Gasteiger partial charge in [0.25, 0.3) is 0 Å². The fourth-order valence-corrected chi connectivity index (χ4v) is 3.03. The fourth-order valence-electron chi connectivity index (χ4n) is 0.946. The molecule has 15 heavy (non-hydrogen) atoms. The Morgan fingerprint density at radius 3 is 3.00 bits per heavy atom. The Morgan fingerprint density at radius 1 is 1.60 bits per heavy atom. The van der Waals surface area contributed by atoms with Crippen molar-refractivity contribution in [3.8, 4) is 0 Å². The molecule has 4 heteroatoms. The number of nitrogens with zero attached hydrogens (tertiary/aromatic N) is 1. The van der Waals surface area contributed by atoms with Crippen molar-refractivity contribution in [2.24, 2.45) is 0 Å².